The van der Waals surface area contributed by atoms with Crippen LogP contribution in [0, 0.1) is 0 Å². The van der Waals surface area contributed by atoms with Crippen LogP contribution >= 0.6 is 21.6 Å². The predicted octanol–water partition coefficient (Wildman–Crippen LogP) is 10.3. The zero-order chi connectivity index (χ0) is 34.2. The molecular weight excluding hydrogens is 649 g/mol. The Balaban J connectivity index is 1.04. The molecule has 0 spiro atoms. The molecule has 0 aliphatic carbocycles. The van der Waals surface area contributed by atoms with Gasteiger partial charge in [-0.3, -0.25) is 0 Å². The van der Waals surface area contributed by atoms with Crippen molar-refractivity contribution in [3.63, 3.8) is 0 Å². The third-order valence-electron chi connectivity index (χ3n) is 8.48. The Labute approximate surface area is 305 Å². The van der Waals surface area contributed by atoms with Gasteiger partial charge in [-0.1, -0.05) is 131 Å². The highest BCUT2D eigenvalue weighted by Gasteiger charge is 2.10. The van der Waals surface area contributed by atoms with E-state index in [1.165, 1.54) is 44.8 Å². The zero-order valence-corrected chi connectivity index (χ0v) is 30.3. The first-order valence-corrected chi connectivity index (χ1v) is 19.6. The maximum Gasteiger partial charge on any atom is 0.169 e. The largest absolute Gasteiger partial charge is 0.367 e. The van der Waals surface area contributed by atoms with E-state index in [-0.39, 0.29) is 0 Å². The van der Waals surface area contributed by atoms with Gasteiger partial charge in [0.15, 0.2) is 12.4 Å². The van der Waals surface area contributed by atoms with Gasteiger partial charge in [0, 0.05) is 73.6 Å². The number of aromatic amines is 1. The molecule has 6 heteroatoms. The highest BCUT2D eigenvalue weighted by atomic mass is 33.1. The summed E-state index contributed by atoms with van der Waals surface area (Å²) in [5.41, 5.74) is 9.94. The number of benzene rings is 4. The Morgan fingerprint density at radius 3 is 1.40 bits per heavy atom. The monoisotopic (exact) mass is 693 g/mol. The molecule has 0 fully saturated rings. The summed E-state index contributed by atoms with van der Waals surface area (Å²) in [4.78, 5) is 8.11. The molecule has 0 unspecified atom stereocenters. The van der Waals surface area contributed by atoms with Gasteiger partial charge >= 0.3 is 0 Å². The molecule has 0 amide bonds. The van der Waals surface area contributed by atoms with Crippen molar-refractivity contribution in [3.8, 4) is 0 Å². The number of H-pyrrole nitrogens is 1. The molecule has 252 valence electrons. The second-order valence-corrected chi connectivity index (χ2v) is 15.0. The van der Waals surface area contributed by atoms with Gasteiger partial charge in [0.2, 0.25) is 0 Å². The average Bonchev–Trinajstić information content (AvgIpc) is 3.69. The van der Waals surface area contributed by atoms with Crippen molar-refractivity contribution in [2.75, 3.05) is 34.4 Å². The van der Waals surface area contributed by atoms with E-state index in [1.807, 2.05) is 41.0 Å². The second-order valence-electron chi connectivity index (χ2n) is 12.2. The molecule has 0 saturated carbocycles. The van der Waals surface area contributed by atoms with E-state index < -0.39 is 0 Å². The van der Waals surface area contributed by atoms with Crippen molar-refractivity contribution in [1.82, 2.24) is 4.98 Å². The van der Waals surface area contributed by atoms with Crippen LogP contribution in [0.5, 0.6) is 0 Å². The third-order valence-corrected chi connectivity index (χ3v) is 10.8. The number of rotatable bonds is 17. The van der Waals surface area contributed by atoms with E-state index in [0.717, 1.165) is 37.7 Å². The van der Waals surface area contributed by atoms with Crippen LogP contribution in [0.4, 0.5) is 11.4 Å². The molecule has 4 aromatic carbocycles. The molecule has 2 aromatic heterocycles. The van der Waals surface area contributed by atoms with Crippen LogP contribution in [-0.2, 0) is 20.1 Å². The fraction of sp³-hybridized carbons (Fsp3) is 0.159. The third kappa shape index (κ3) is 11.1. The first-order chi connectivity index (χ1) is 24.7. The minimum absolute atomic E-state index is 0.892. The van der Waals surface area contributed by atoms with Crippen LogP contribution in [0.25, 0.3) is 24.3 Å². The standard InChI is InChI=1S/C44H45N4S2/c1-46-28-25-39(26-29-46)13-12-37-16-20-43(21-17-37)47(35-41-8-4-2-5-9-41)30-32-49-50-33-31-48(36-42-10-6-3-7-11-42)44-22-18-38(19-23-44)14-15-40-24-27-45-34-40/h2-29,34,45H,30-33,35-36H2,1H3/q+1/b15-14+. The Morgan fingerprint density at radius 2 is 0.960 bits per heavy atom. The lowest BCUT2D eigenvalue weighted by Gasteiger charge is -2.26. The Bertz CT molecular complexity index is 1890. The van der Waals surface area contributed by atoms with E-state index in [0.29, 0.717) is 0 Å². The van der Waals surface area contributed by atoms with Gasteiger partial charge in [0.05, 0.1) is 0 Å². The van der Waals surface area contributed by atoms with Crippen molar-refractivity contribution in [2.24, 2.45) is 7.05 Å². The molecule has 0 aliphatic heterocycles. The van der Waals surface area contributed by atoms with Crippen LogP contribution in [0.2, 0.25) is 0 Å². The summed E-state index contributed by atoms with van der Waals surface area (Å²) in [6.07, 6.45) is 16.8. The van der Waals surface area contributed by atoms with Crippen LogP contribution in [0.15, 0.2) is 152 Å². The average molecular weight is 694 g/mol. The number of anilines is 2. The number of nitrogens with zero attached hydrogens (tertiary/aromatic N) is 3. The number of hydrogen-bond donors (Lipinski definition) is 1. The molecule has 50 heavy (non-hydrogen) atoms. The molecule has 0 saturated heterocycles. The summed E-state index contributed by atoms with van der Waals surface area (Å²) < 4.78 is 2.05. The number of aryl methyl sites for hydroxylation is 1. The second kappa shape index (κ2) is 18.7. The predicted molar refractivity (Wildman–Crippen MR) is 219 cm³/mol. The van der Waals surface area contributed by atoms with Crippen molar-refractivity contribution < 1.29 is 4.57 Å². The smallest absolute Gasteiger partial charge is 0.169 e. The molecule has 1 N–H and O–H groups in total. The normalized spacial score (nSPS) is 11.4. The molecule has 0 atom stereocenters. The number of aromatic nitrogens is 2. The number of nitrogens with one attached hydrogen (secondary N) is 1. The first-order valence-electron chi connectivity index (χ1n) is 17.1. The van der Waals surface area contributed by atoms with Gasteiger partial charge in [-0.05, 0) is 63.7 Å². The molecule has 0 radical (unpaired) electrons. The van der Waals surface area contributed by atoms with Crippen LogP contribution in [0.3, 0.4) is 0 Å². The van der Waals surface area contributed by atoms with E-state index in [4.69, 9.17) is 0 Å². The van der Waals surface area contributed by atoms with E-state index in [1.54, 1.807) is 0 Å². The van der Waals surface area contributed by atoms with Crippen molar-refractivity contribution in [2.45, 2.75) is 13.1 Å². The molecule has 6 rings (SSSR count). The summed E-state index contributed by atoms with van der Waals surface area (Å²) in [7, 11) is 5.98. The summed E-state index contributed by atoms with van der Waals surface area (Å²) in [5.74, 6) is 2.09. The molecule has 0 bridgehead atoms. The van der Waals surface area contributed by atoms with E-state index in [9.17, 15) is 0 Å². The number of hydrogen-bond acceptors (Lipinski definition) is 4. The molecule has 6 aromatic rings. The van der Waals surface area contributed by atoms with Gasteiger partial charge in [-0.15, -0.1) is 0 Å². The summed E-state index contributed by atoms with van der Waals surface area (Å²) in [6.45, 7) is 3.75. The van der Waals surface area contributed by atoms with Gasteiger partial charge in [0.1, 0.15) is 7.05 Å². The van der Waals surface area contributed by atoms with Gasteiger partial charge in [-0.25, -0.2) is 4.57 Å². The van der Waals surface area contributed by atoms with Gasteiger partial charge in [-0.2, -0.15) is 0 Å². The van der Waals surface area contributed by atoms with Crippen molar-refractivity contribution >= 4 is 57.3 Å². The molecule has 0 aliphatic rings. The number of pyridine rings is 1. The topological polar surface area (TPSA) is 26.1 Å². The fourth-order valence-corrected chi connectivity index (χ4v) is 7.64. The lowest BCUT2D eigenvalue weighted by atomic mass is 10.1. The molecule has 2 heterocycles. The van der Waals surface area contributed by atoms with Crippen LogP contribution in [0.1, 0.15) is 33.4 Å². The maximum absolute atomic E-state index is 3.11. The Morgan fingerprint density at radius 1 is 0.520 bits per heavy atom. The zero-order valence-electron chi connectivity index (χ0n) is 28.6. The van der Waals surface area contributed by atoms with Crippen LogP contribution in [-0.4, -0.2) is 29.6 Å². The summed E-state index contributed by atoms with van der Waals surface area (Å²) in [5, 5.41) is 0. The Hall–Kier alpha value is -4.91. The van der Waals surface area contributed by atoms with Crippen LogP contribution < -0.4 is 14.4 Å². The quantitative estimate of drug-likeness (QED) is 0.0584. The summed E-state index contributed by atoms with van der Waals surface area (Å²) >= 11 is 0. The van der Waals surface area contributed by atoms with Crippen molar-refractivity contribution in [1.29, 1.82) is 0 Å². The minimum Gasteiger partial charge on any atom is -0.367 e. The lowest BCUT2D eigenvalue weighted by Crippen LogP contribution is -2.26. The van der Waals surface area contributed by atoms with Gasteiger partial charge < -0.3 is 14.8 Å². The highest BCUT2D eigenvalue weighted by molar-refractivity contribution is 8.76. The molecule has 4 nitrogen and oxygen atoms in total. The SMILES string of the molecule is C[n+]1ccc(/C=C/c2ccc(N(CCSSCCN(Cc3ccccc3)c3ccc(/C=C/c4cc[nH]c4)cc3)Cc3ccccc3)cc2)cc1. The molecular formula is C44H45N4S2+. The highest BCUT2D eigenvalue weighted by Crippen LogP contribution is 2.26. The lowest BCUT2D eigenvalue weighted by molar-refractivity contribution is -0.671. The fourth-order valence-electron chi connectivity index (χ4n) is 5.66. The van der Waals surface area contributed by atoms with Crippen molar-refractivity contribution in [3.05, 3.63) is 186 Å². The summed E-state index contributed by atoms with van der Waals surface area (Å²) in [6, 6.07) is 45.8. The minimum atomic E-state index is 0.892. The van der Waals surface area contributed by atoms with E-state index in [2.05, 4.69) is 183 Å². The first kappa shape index (κ1) is 34.9. The van der Waals surface area contributed by atoms with E-state index >= 15 is 0 Å². The Kier molecular flexibility index (Phi) is 13.1. The van der Waals surface area contributed by atoms with Gasteiger partial charge in [0.25, 0.3) is 0 Å². The maximum atomic E-state index is 3.11.